The molecule has 0 bridgehead atoms. The normalized spacial score (nSPS) is 13.3. The van der Waals surface area contributed by atoms with Crippen LogP contribution in [0.2, 0.25) is 5.02 Å². The maximum Gasteiger partial charge on any atom is 0.249 e. The second-order valence-corrected chi connectivity index (χ2v) is 8.70. The predicted molar refractivity (Wildman–Crippen MR) is 105 cm³/mol. The first-order valence-corrected chi connectivity index (χ1v) is 9.96. The third-order valence-corrected chi connectivity index (χ3v) is 6.57. The van der Waals surface area contributed by atoms with Crippen LogP contribution in [0.5, 0.6) is 0 Å². The van der Waals surface area contributed by atoms with Gasteiger partial charge in [0.2, 0.25) is 10.0 Å². The molecule has 1 atom stereocenters. The summed E-state index contributed by atoms with van der Waals surface area (Å²) < 4.78 is 27.7. The fourth-order valence-corrected chi connectivity index (χ4v) is 4.77. The van der Waals surface area contributed by atoms with E-state index in [1.54, 1.807) is 30.5 Å². The summed E-state index contributed by atoms with van der Waals surface area (Å²) in [5.41, 5.74) is 2.48. The van der Waals surface area contributed by atoms with Crippen LogP contribution in [-0.2, 0) is 10.0 Å². The van der Waals surface area contributed by atoms with Crippen molar-refractivity contribution in [1.29, 1.82) is 0 Å². The molecule has 2 aromatic carbocycles. The second kappa shape index (κ2) is 6.70. The Labute approximate surface area is 153 Å². The number of rotatable bonds is 5. The number of halogens is 1. The smallest absolute Gasteiger partial charge is 0.244 e. The Hall–Kier alpha value is -2.04. The highest BCUT2D eigenvalue weighted by Crippen LogP contribution is 2.30. The summed E-state index contributed by atoms with van der Waals surface area (Å²) in [6.07, 6.45) is 3.04. The van der Waals surface area contributed by atoms with E-state index in [0.29, 0.717) is 22.0 Å². The minimum absolute atomic E-state index is 0.394. The van der Waals surface area contributed by atoms with E-state index in [-0.39, 0.29) is 0 Å². The lowest BCUT2D eigenvalue weighted by Gasteiger charge is -2.17. The third kappa shape index (κ3) is 3.24. The van der Waals surface area contributed by atoms with Gasteiger partial charge in [-0.1, -0.05) is 55.8 Å². The zero-order valence-electron chi connectivity index (χ0n) is 14.2. The SMILES string of the molecule is C=CC(c1ccc(C(C)C)cc1)S(=O)(=O)n1ccc2cc(Cl)ccc21. The van der Waals surface area contributed by atoms with Crippen LogP contribution in [0.1, 0.15) is 36.1 Å². The van der Waals surface area contributed by atoms with Crippen LogP contribution in [0, 0.1) is 0 Å². The van der Waals surface area contributed by atoms with Crippen molar-refractivity contribution in [1.82, 2.24) is 3.97 Å². The van der Waals surface area contributed by atoms with Gasteiger partial charge in [-0.2, -0.15) is 0 Å². The van der Waals surface area contributed by atoms with Crippen LogP contribution in [0.25, 0.3) is 10.9 Å². The van der Waals surface area contributed by atoms with Gasteiger partial charge in [0.25, 0.3) is 0 Å². The van der Waals surface area contributed by atoms with Gasteiger partial charge in [-0.05, 0) is 41.3 Å². The molecule has 5 heteroatoms. The molecule has 3 aromatic rings. The molecule has 0 radical (unpaired) electrons. The van der Waals surface area contributed by atoms with E-state index in [0.717, 1.165) is 5.39 Å². The fraction of sp³-hybridized carbons (Fsp3) is 0.200. The summed E-state index contributed by atoms with van der Waals surface area (Å²) in [6, 6.07) is 14.6. The van der Waals surface area contributed by atoms with Gasteiger partial charge in [0, 0.05) is 16.6 Å². The number of hydrogen-bond donors (Lipinski definition) is 0. The molecule has 0 aliphatic carbocycles. The summed E-state index contributed by atoms with van der Waals surface area (Å²) >= 11 is 5.99. The van der Waals surface area contributed by atoms with Gasteiger partial charge in [-0.25, -0.2) is 12.4 Å². The Morgan fingerprint density at radius 2 is 1.68 bits per heavy atom. The van der Waals surface area contributed by atoms with Crippen LogP contribution >= 0.6 is 11.6 Å². The van der Waals surface area contributed by atoms with Crippen LogP contribution in [0.3, 0.4) is 0 Å². The minimum atomic E-state index is -3.68. The number of hydrogen-bond acceptors (Lipinski definition) is 2. The zero-order chi connectivity index (χ0) is 18.2. The van der Waals surface area contributed by atoms with Crippen molar-refractivity contribution in [3.63, 3.8) is 0 Å². The second-order valence-electron chi connectivity index (χ2n) is 6.34. The van der Waals surface area contributed by atoms with E-state index < -0.39 is 15.3 Å². The largest absolute Gasteiger partial charge is 0.249 e. The highest BCUT2D eigenvalue weighted by Gasteiger charge is 2.27. The molecule has 25 heavy (non-hydrogen) atoms. The monoisotopic (exact) mass is 373 g/mol. The Morgan fingerprint density at radius 3 is 2.28 bits per heavy atom. The Morgan fingerprint density at radius 1 is 1.04 bits per heavy atom. The number of nitrogens with zero attached hydrogens (tertiary/aromatic N) is 1. The van der Waals surface area contributed by atoms with Crippen LogP contribution in [0.4, 0.5) is 0 Å². The van der Waals surface area contributed by atoms with Crippen molar-refractivity contribution < 1.29 is 8.42 Å². The van der Waals surface area contributed by atoms with E-state index in [2.05, 4.69) is 20.4 Å². The van der Waals surface area contributed by atoms with E-state index in [1.807, 2.05) is 24.3 Å². The molecule has 3 nitrogen and oxygen atoms in total. The van der Waals surface area contributed by atoms with E-state index in [9.17, 15) is 8.42 Å². The van der Waals surface area contributed by atoms with Gasteiger partial charge in [0.1, 0.15) is 5.25 Å². The molecule has 3 rings (SSSR count). The molecular weight excluding hydrogens is 354 g/mol. The van der Waals surface area contributed by atoms with Gasteiger partial charge in [-0.3, -0.25) is 0 Å². The van der Waals surface area contributed by atoms with Crippen LogP contribution in [0.15, 0.2) is 67.4 Å². The topological polar surface area (TPSA) is 39.1 Å². The molecule has 130 valence electrons. The summed E-state index contributed by atoms with van der Waals surface area (Å²) in [5.74, 6) is 0.394. The number of fused-ring (bicyclic) bond motifs is 1. The van der Waals surface area contributed by atoms with Crippen molar-refractivity contribution >= 4 is 32.5 Å². The molecule has 0 spiro atoms. The van der Waals surface area contributed by atoms with Gasteiger partial charge < -0.3 is 0 Å². The summed E-state index contributed by atoms with van der Waals surface area (Å²) in [7, 11) is -3.68. The molecule has 0 fully saturated rings. The van der Waals surface area contributed by atoms with E-state index in [4.69, 9.17) is 11.6 Å². The molecule has 1 aromatic heterocycles. The summed E-state index contributed by atoms with van der Waals surface area (Å²) in [5, 5.41) is 0.543. The lowest BCUT2D eigenvalue weighted by molar-refractivity contribution is 0.583. The molecular formula is C20H20ClNO2S. The average Bonchev–Trinajstić information content (AvgIpc) is 2.99. The Bertz CT molecular complexity index is 1020. The Balaban J connectivity index is 2.08. The standard InChI is InChI=1S/C20H20ClNO2S/c1-4-20(16-7-5-15(6-8-16)14(2)3)25(23,24)22-12-11-17-13-18(21)9-10-19(17)22/h4-14,20H,1H2,2-3H3. The van der Waals surface area contributed by atoms with Crippen molar-refractivity contribution in [2.24, 2.45) is 0 Å². The predicted octanol–water partition coefficient (Wildman–Crippen LogP) is 5.52. The van der Waals surface area contributed by atoms with Gasteiger partial charge in [-0.15, -0.1) is 6.58 Å². The first-order chi connectivity index (χ1) is 11.8. The quantitative estimate of drug-likeness (QED) is 0.552. The van der Waals surface area contributed by atoms with Gasteiger partial charge >= 0.3 is 0 Å². The molecule has 0 aliphatic heterocycles. The van der Waals surface area contributed by atoms with Crippen molar-refractivity contribution in [2.75, 3.05) is 0 Å². The van der Waals surface area contributed by atoms with Gasteiger partial charge in [0.05, 0.1) is 5.52 Å². The molecule has 1 unspecified atom stereocenters. The zero-order valence-corrected chi connectivity index (χ0v) is 15.8. The third-order valence-electron chi connectivity index (χ3n) is 4.36. The first kappa shape index (κ1) is 17.8. The summed E-state index contributed by atoms with van der Waals surface area (Å²) in [6.45, 7) is 7.96. The summed E-state index contributed by atoms with van der Waals surface area (Å²) in [4.78, 5) is 0. The van der Waals surface area contributed by atoms with E-state index >= 15 is 0 Å². The maximum absolute atomic E-state index is 13.2. The van der Waals surface area contributed by atoms with E-state index in [1.165, 1.54) is 15.6 Å². The van der Waals surface area contributed by atoms with Crippen molar-refractivity contribution in [3.05, 3.63) is 83.5 Å². The number of benzene rings is 2. The highest BCUT2D eigenvalue weighted by atomic mass is 35.5. The number of aromatic nitrogens is 1. The fourth-order valence-electron chi connectivity index (χ4n) is 2.93. The lowest BCUT2D eigenvalue weighted by atomic mass is 10.0. The molecule has 0 aliphatic rings. The van der Waals surface area contributed by atoms with Crippen molar-refractivity contribution in [3.8, 4) is 0 Å². The van der Waals surface area contributed by atoms with Crippen molar-refractivity contribution in [2.45, 2.75) is 25.0 Å². The lowest BCUT2D eigenvalue weighted by Crippen LogP contribution is -2.19. The van der Waals surface area contributed by atoms with Crippen LogP contribution < -0.4 is 0 Å². The molecule has 0 saturated carbocycles. The van der Waals surface area contributed by atoms with Gasteiger partial charge in [0.15, 0.2) is 0 Å². The first-order valence-electron chi connectivity index (χ1n) is 8.08. The maximum atomic E-state index is 13.2. The van der Waals surface area contributed by atoms with Crippen LogP contribution in [-0.4, -0.2) is 12.4 Å². The average molecular weight is 374 g/mol. The molecule has 1 heterocycles. The minimum Gasteiger partial charge on any atom is -0.244 e. The molecule has 0 amide bonds. The molecule has 0 saturated heterocycles. The Kier molecular flexibility index (Phi) is 4.76. The molecule has 0 N–H and O–H groups in total. The highest BCUT2D eigenvalue weighted by molar-refractivity contribution is 7.90.